The zero-order valence-corrected chi connectivity index (χ0v) is 15.5. The molecular formula is C20H23N3O4. The van der Waals surface area contributed by atoms with E-state index >= 15 is 0 Å². The third-order valence-electron chi connectivity index (χ3n) is 5.29. The maximum Gasteiger partial charge on any atom is 0.270 e. The van der Waals surface area contributed by atoms with Crippen LogP contribution in [0.3, 0.4) is 0 Å². The lowest BCUT2D eigenvalue weighted by molar-refractivity contribution is -0.384. The van der Waals surface area contributed by atoms with Crippen molar-refractivity contribution in [3.63, 3.8) is 0 Å². The number of amides is 1. The topological polar surface area (TPSA) is 93.5 Å². The Bertz CT molecular complexity index is 862. The van der Waals surface area contributed by atoms with Gasteiger partial charge in [-0.1, -0.05) is 24.6 Å². The number of nitrogens with zero attached hydrogens (tertiary/aromatic N) is 1. The number of methoxy groups -OCH3 is 1. The summed E-state index contributed by atoms with van der Waals surface area (Å²) in [6, 6.07) is 12.3. The maximum absolute atomic E-state index is 12.2. The van der Waals surface area contributed by atoms with Gasteiger partial charge in [-0.15, -0.1) is 0 Å². The van der Waals surface area contributed by atoms with Crippen molar-refractivity contribution in [1.82, 2.24) is 5.32 Å². The van der Waals surface area contributed by atoms with Gasteiger partial charge in [0, 0.05) is 42.4 Å². The van der Waals surface area contributed by atoms with E-state index in [1.54, 1.807) is 13.2 Å². The molecule has 0 radical (unpaired) electrons. The molecule has 0 unspecified atom stereocenters. The molecule has 0 spiro atoms. The van der Waals surface area contributed by atoms with E-state index in [1.807, 2.05) is 18.2 Å². The molecule has 1 amide bonds. The Morgan fingerprint density at radius 2 is 2.00 bits per heavy atom. The van der Waals surface area contributed by atoms with Crippen LogP contribution in [0.4, 0.5) is 11.4 Å². The molecule has 7 nitrogen and oxygen atoms in total. The van der Waals surface area contributed by atoms with Gasteiger partial charge in [-0.25, -0.2) is 0 Å². The van der Waals surface area contributed by atoms with Crippen LogP contribution in [0, 0.1) is 10.1 Å². The zero-order valence-electron chi connectivity index (χ0n) is 15.5. The smallest absolute Gasteiger partial charge is 0.270 e. The highest BCUT2D eigenvalue weighted by molar-refractivity contribution is 6.00. The predicted octanol–water partition coefficient (Wildman–Crippen LogP) is 3.50. The van der Waals surface area contributed by atoms with Crippen molar-refractivity contribution in [2.24, 2.45) is 0 Å². The minimum absolute atomic E-state index is 0.0751. The highest BCUT2D eigenvalue weighted by Crippen LogP contribution is 2.47. The number of rotatable bonds is 7. The number of anilines is 1. The van der Waals surface area contributed by atoms with E-state index in [1.165, 1.54) is 19.2 Å². The molecule has 7 heteroatoms. The largest absolute Gasteiger partial charge is 0.496 e. The third-order valence-corrected chi connectivity index (χ3v) is 5.29. The van der Waals surface area contributed by atoms with Gasteiger partial charge in [0.2, 0.25) is 0 Å². The van der Waals surface area contributed by atoms with E-state index in [-0.39, 0.29) is 22.6 Å². The highest BCUT2D eigenvalue weighted by atomic mass is 16.6. The fourth-order valence-electron chi connectivity index (χ4n) is 3.61. The molecule has 0 bridgehead atoms. The molecular weight excluding hydrogens is 346 g/mol. The minimum atomic E-state index is -0.502. The molecule has 0 atom stereocenters. The van der Waals surface area contributed by atoms with Crippen LogP contribution in [-0.4, -0.2) is 31.5 Å². The summed E-state index contributed by atoms with van der Waals surface area (Å²) in [7, 11) is 3.17. The third kappa shape index (κ3) is 3.58. The van der Waals surface area contributed by atoms with Crippen molar-refractivity contribution in [2.45, 2.75) is 24.7 Å². The van der Waals surface area contributed by atoms with Gasteiger partial charge in [0.15, 0.2) is 0 Å². The average Bonchev–Trinajstić information content (AvgIpc) is 2.66. The molecule has 2 aromatic carbocycles. The Labute approximate surface area is 157 Å². The van der Waals surface area contributed by atoms with Gasteiger partial charge in [0.05, 0.1) is 17.6 Å². The van der Waals surface area contributed by atoms with Crippen LogP contribution in [0.1, 0.15) is 35.2 Å². The lowest BCUT2D eigenvalue weighted by Crippen LogP contribution is -2.41. The Kier molecular flexibility index (Phi) is 5.30. The first-order chi connectivity index (χ1) is 13.0. The van der Waals surface area contributed by atoms with Crippen LogP contribution in [0.15, 0.2) is 42.5 Å². The Balaban J connectivity index is 1.89. The maximum atomic E-state index is 12.2. The number of benzene rings is 2. The molecule has 0 aromatic heterocycles. The van der Waals surface area contributed by atoms with Gasteiger partial charge in [0.25, 0.3) is 11.6 Å². The lowest BCUT2D eigenvalue weighted by Gasteiger charge is -2.43. The molecule has 1 aliphatic carbocycles. The van der Waals surface area contributed by atoms with E-state index in [0.717, 1.165) is 30.6 Å². The van der Waals surface area contributed by atoms with E-state index < -0.39 is 4.92 Å². The van der Waals surface area contributed by atoms with Gasteiger partial charge < -0.3 is 15.4 Å². The van der Waals surface area contributed by atoms with Crippen LogP contribution in [0.2, 0.25) is 0 Å². The molecule has 142 valence electrons. The fraction of sp³-hybridized carbons (Fsp3) is 0.350. The van der Waals surface area contributed by atoms with Gasteiger partial charge >= 0.3 is 0 Å². The van der Waals surface area contributed by atoms with Gasteiger partial charge in [-0.3, -0.25) is 14.9 Å². The number of ether oxygens (including phenoxy) is 1. The van der Waals surface area contributed by atoms with Crippen molar-refractivity contribution in [3.05, 3.63) is 63.7 Å². The number of hydrogen-bond acceptors (Lipinski definition) is 5. The Morgan fingerprint density at radius 1 is 1.26 bits per heavy atom. The molecule has 2 aromatic rings. The van der Waals surface area contributed by atoms with Crippen LogP contribution >= 0.6 is 0 Å². The summed E-state index contributed by atoms with van der Waals surface area (Å²) in [5.74, 6) is 0.496. The molecule has 0 aliphatic heterocycles. The summed E-state index contributed by atoms with van der Waals surface area (Å²) in [6.45, 7) is 0.620. The van der Waals surface area contributed by atoms with Crippen molar-refractivity contribution in [3.8, 4) is 5.75 Å². The minimum Gasteiger partial charge on any atom is -0.496 e. The number of nitro groups is 1. The van der Waals surface area contributed by atoms with Crippen molar-refractivity contribution in [1.29, 1.82) is 0 Å². The summed E-state index contributed by atoms with van der Waals surface area (Å²) >= 11 is 0. The second kappa shape index (κ2) is 7.65. The molecule has 0 heterocycles. The zero-order chi connectivity index (χ0) is 19.4. The summed E-state index contributed by atoms with van der Waals surface area (Å²) in [5.41, 5.74) is 1.81. The Hall–Kier alpha value is -3.09. The Morgan fingerprint density at radius 3 is 2.59 bits per heavy atom. The van der Waals surface area contributed by atoms with Crippen LogP contribution < -0.4 is 15.4 Å². The number of nitrogens with one attached hydrogen (secondary N) is 2. The van der Waals surface area contributed by atoms with E-state index in [9.17, 15) is 14.9 Å². The first kappa shape index (κ1) is 18.7. The molecule has 0 saturated heterocycles. The SMILES string of the molecule is CNC(=O)c1cc([N+](=O)[O-])ccc1NCC1(c2ccccc2OC)CCC1. The van der Waals surface area contributed by atoms with E-state index in [0.29, 0.717) is 12.2 Å². The van der Waals surface area contributed by atoms with Crippen molar-refractivity contribution < 1.29 is 14.5 Å². The van der Waals surface area contributed by atoms with Crippen LogP contribution in [-0.2, 0) is 5.41 Å². The summed E-state index contributed by atoms with van der Waals surface area (Å²) in [6.07, 6.45) is 3.16. The van der Waals surface area contributed by atoms with Crippen molar-refractivity contribution >= 4 is 17.3 Å². The molecule has 27 heavy (non-hydrogen) atoms. The number of non-ortho nitro benzene ring substituents is 1. The number of carbonyl (C=O) groups excluding carboxylic acids is 1. The number of nitro benzene ring substituents is 1. The number of carbonyl (C=O) groups is 1. The van der Waals surface area contributed by atoms with Gasteiger partial charge in [-0.2, -0.15) is 0 Å². The fourth-order valence-corrected chi connectivity index (χ4v) is 3.61. The molecule has 1 saturated carbocycles. The number of para-hydroxylation sites is 1. The first-order valence-electron chi connectivity index (χ1n) is 8.88. The quantitative estimate of drug-likeness (QED) is 0.575. The van der Waals surface area contributed by atoms with Gasteiger partial charge in [-0.05, 0) is 25.0 Å². The van der Waals surface area contributed by atoms with Crippen molar-refractivity contribution in [2.75, 3.05) is 26.0 Å². The summed E-state index contributed by atoms with van der Waals surface area (Å²) < 4.78 is 5.53. The molecule has 3 rings (SSSR count). The molecule has 1 fully saturated rings. The van der Waals surface area contributed by atoms with E-state index in [2.05, 4.69) is 16.7 Å². The number of hydrogen-bond donors (Lipinski definition) is 2. The highest BCUT2D eigenvalue weighted by Gasteiger charge is 2.40. The first-order valence-corrected chi connectivity index (χ1v) is 8.88. The summed E-state index contributed by atoms with van der Waals surface area (Å²) in [4.78, 5) is 22.7. The van der Waals surface area contributed by atoms with Crippen LogP contribution in [0.25, 0.3) is 0 Å². The molecule has 2 N–H and O–H groups in total. The molecule has 1 aliphatic rings. The van der Waals surface area contributed by atoms with Crippen LogP contribution in [0.5, 0.6) is 5.75 Å². The predicted molar refractivity (Wildman–Crippen MR) is 103 cm³/mol. The second-order valence-electron chi connectivity index (χ2n) is 6.75. The summed E-state index contributed by atoms with van der Waals surface area (Å²) in [5, 5.41) is 16.9. The second-order valence-corrected chi connectivity index (χ2v) is 6.75. The average molecular weight is 369 g/mol. The van der Waals surface area contributed by atoms with Gasteiger partial charge in [0.1, 0.15) is 5.75 Å². The lowest BCUT2D eigenvalue weighted by atomic mass is 9.64. The normalized spacial score (nSPS) is 14.7. The monoisotopic (exact) mass is 369 g/mol. The van der Waals surface area contributed by atoms with E-state index in [4.69, 9.17) is 4.74 Å². The standard InChI is InChI=1S/C20H23N3O4/c1-21-19(24)15-12-14(23(25)26)8-9-17(15)22-13-20(10-5-11-20)16-6-3-4-7-18(16)27-2/h3-4,6-9,12,22H,5,10-11,13H2,1-2H3,(H,21,24).